The molecule has 0 bridgehead atoms. The van der Waals surface area contributed by atoms with E-state index in [2.05, 4.69) is 4.98 Å². The zero-order valence-corrected chi connectivity index (χ0v) is 17.3. The lowest BCUT2D eigenvalue weighted by Gasteiger charge is -2.11. The van der Waals surface area contributed by atoms with E-state index < -0.39 is 20.5 Å². The van der Waals surface area contributed by atoms with Crippen LogP contribution in [0.5, 0.6) is 0 Å². The molecule has 0 spiro atoms. The van der Waals surface area contributed by atoms with Crippen molar-refractivity contribution in [1.82, 2.24) is 9.55 Å². The van der Waals surface area contributed by atoms with Gasteiger partial charge >= 0.3 is 5.76 Å². The van der Waals surface area contributed by atoms with Gasteiger partial charge in [-0.1, -0.05) is 11.8 Å². The fraction of sp³-hybridized carbons (Fsp3) is 0.333. The van der Waals surface area contributed by atoms with Crippen LogP contribution < -0.4 is 5.56 Å². The molecular weight excluding hydrogens is 426 g/mol. The van der Waals surface area contributed by atoms with Gasteiger partial charge in [-0.3, -0.25) is 9.36 Å². The Morgan fingerprint density at radius 2 is 1.86 bits per heavy atom. The number of sulfone groups is 1. The molecule has 2 aromatic heterocycles. The summed E-state index contributed by atoms with van der Waals surface area (Å²) >= 11 is 2.75. The minimum absolute atomic E-state index is 0.0937. The number of hydrogen-bond donors (Lipinski definition) is 0. The quantitative estimate of drug-likeness (QED) is 0.571. The Bertz CT molecular complexity index is 1220. The first-order chi connectivity index (χ1) is 13.3. The van der Waals surface area contributed by atoms with Crippen molar-refractivity contribution < 1.29 is 17.2 Å². The number of benzene rings is 1. The lowest BCUT2D eigenvalue weighted by atomic mass is 9.97. The van der Waals surface area contributed by atoms with Crippen molar-refractivity contribution in [1.29, 1.82) is 0 Å². The molecule has 1 aliphatic carbocycles. The Kier molecular flexibility index (Phi) is 5.05. The molecule has 0 atom stereocenters. The summed E-state index contributed by atoms with van der Waals surface area (Å²) in [6, 6.07) is 5.17. The molecule has 28 heavy (non-hydrogen) atoms. The van der Waals surface area contributed by atoms with Crippen LogP contribution in [0.4, 0.5) is 8.78 Å². The van der Waals surface area contributed by atoms with Crippen LogP contribution in [-0.4, -0.2) is 23.7 Å². The Morgan fingerprint density at radius 1 is 1.18 bits per heavy atom. The van der Waals surface area contributed by atoms with Crippen LogP contribution in [0.1, 0.15) is 23.3 Å². The normalized spacial score (nSPS) is 14.6. The maximum absolute atomic E-state index is 12.9. The number of rotatable bonds is 4. The molecule has 0 N–H and O–H groups in total. The zero-order chi connectivity index (χ0) is 20.1. The van der Waals surface area contributed by atoms with Crippen LogP contribution in [0.3, 0.4) is 0 Å². The van der Waals surface area contributed by atoms with E-state index in [1.807, 2.05) is 0 Å². The van der Waals surface area contributed by atoms with E-state index in [0.717, 1.165) is 48.2 Å². The van der Waals surface area contributed by atoms with Crippen LogP contribution in [0, 0.1) is 0 Å². The summed E-state index contributed by atoms with van der Waals surface area (Å²) in [6.45, 7) is 0. The summed E-state index contributed by atoms with van der Waals surface area (Å²) in [4.78, 5) is 19.6. The van der Waals surface area contributed by atoms with Gasteiger partial charge in [-0.15, -0.1) is 11.3 Å². The topological polar surface area (TPSA) is 69.0 Å². The molecule has 0 saturated carbocycles. The molecule has 0 unspecified atom stereocenters. The van der Waals surface area contributed by atoms with Crippen LogP contribution in [0.25, 0.3) is 10.2 Å². The lowest BCUT2D eigenvalue weighted by molar-refractivity contribution is 0.234. The van der Waals surface area contributed by atoms with Crippen LogP contribution >= 0.6 is 23.1 Å². The van der Waals surface area contributed by atoms with Crippen molar-refractivity contribution >= 4 is 43.2 Å². The second kappa shape index (κ2) is 7.23. The monoisotopic (exact) mass is 442 g/mol. The number of halogens is 2. The van der Waals surface area contributed by atoms with Crippen molar-refractivity contribution in [3.05, 3.63) is 45.1 Å². The Labute approximate surface area is 168 Å². The molecule has 5 nitrogen and oxygen atoms in total. The number of alkyl halides is 2. The van der Waals surface area contributed by atoms with Gasteiger partial charge in [0.1, 0.15) is 4.83 Å². The molecule has 1 aliphatic rings. The van der Waals surface area contributed by atoms with Gasteiger partial charge in [0.15, 0.2) is 5.16 Å². The van der Waals surface area contributed by atoms with E-state index in [-0.39, 0.29) is 5.56 Å². The van der Waals surface area contributed by atoms with Crippen LogP contribution in [0.2, 0.25) is 0 Å². The van der Waals surface area contributed by atoms with Gasteiger partial charge in [0.2, 0.25) is 9.84 Å². The molecule has 0 aliphatic heterocycles. The second-order valence-electron chi connectivity index (χ2n) is 6.53. The average molecular weight is 443 g/mol. The zero-order valence-electron chi connectivity index (χ0n) is 14.8. The lowest BCUT2D eigenvalue weighted by Crippen LogP contribution is -2.20. The van der Waals surface area contributed by atoms with Crippen molar-refractivity contribution in [2.75, 3.05) is 0 Å². The first kappa shape index (κ1) is 19.5. The number of aromatic nitrogens is 2. The van der Waals surface area contributed by atoms with Gasteiger partial charge in [0.25, 0.3) is 5.56 Å². The molecular formula is C18H16F2N2O3S3. The van der Waals surface area contributed by atoms with E-state index in [4.69, 9.17) is 0 Å². The smallest absolute Gasteiger partial charge is 0.290 e. The molecule has 2 heterocycles. The van der Waals surface area contributed by atoms with Crippen LogP contribution in [-0.2, 0) is 29.7 Å². The van der Waals surface area contributed by atoms with E-state index in [1.54, 1.807) is 18.4 Å². The molecule has 0 saturated heterocycles. The highest BCUT2D eigenvalue weighted by Crippen LogP contribution is 2.35. The van der Waals surface area contributed by atoms with E-state index in [9.17, 15) is 22.0 Å². The van der Waals surface area contributed by atoms with E-state index in [1.165, 1.54) is 33.3 Å². The molecule has 0 fully saturated rings. The standard InChI is InChI=1S/C18H16F2N2O3S3/c1-22-16(23)14-12-4-2-3-5-13(12)27-15(14)21-18(22)26-10-6-8-11(9-7-10)28(24,25)17(19)20/h6-9,17H,2-5H2,1H3. The molecule has 148 valence electrons. The average Bonchev–Trinajstić information content (AvgIpc) is 3.04. The van der Waals surface area contributed by atoms with Gasteiger partial charge in [-0.2, -0.15) is 8.78 Å². The third-order valence-electron chi connectivity index (χ3n) is 4.75. The molecule has 0 radical (unpaired) electrons. The minimum atomic E-state index is -4.62. The highest BCUT2D eigenvalue weighted by atomic mass is 32.2. The third kappa shape index (κ3) is 3.27. The maximum atomic E-state index is 12.9. The predicted molar refractivity (Wildman–Crippen MR) is 105 cm³/mol. The third-order valence-corrected chi connectivity index (χ3v) is 8.39. The predicted octanol–water partition coefficient (Wildman–Crippen LogP) is 4.02. The number of thiophene rings is 1. The first-order valence-corrected chi connectivity index (χ1v) is 11.8. The molecule has 1 aromatic carbocycles. The summed E-state index contributed by atoms with van der Waals surface area (Å²) in [5, 5.41) is 1.17. The highest BCUT2D eigenvalue weighted by molar-refractivity contribution is 7.99. The fourth-order valence-electron chi connectivity index (χ4n) is 3.26. The Morgan fingerprint density at radius 3 is 2.54 bits per heavy atom. The summed E-state index contributed by atoms with van der Waals surface area (Å²) in [5.41, 5.74) is 1.03. The maximum Gasteiger partial charge on any atom is 0.341 e. The number of nitrogens with zero attached hydrogens (tertiary/aromatic N) is 2. The van der Waals surface area contributed by atoms with Gasteiger partial charge in [0.05, 0.1) is 10.3 Å². The van der Waals surface area contributed by atoms with Crippen molar-refractivity contribution in [2.45, 2.75) is 46.4 Å². The fourth-order valence-corrected chi connectivity index (χ4v) is 6.13. The van der Waals surface area contributed by atoms with E-state index >= 15 is 0 Å². The van der Waals surface area contributed by atoms with Gasteiger partial charge in [0, 0.05) is 16.8 Å². The van der Waals surface area contributed by atoms with Crippen LogP contribution in [0.15, 0.2) is 44.0 Å². The minimum Gasteiger partial charge on any atom is -0.290 e. The molecule has 3 aromatic rings. The van der Waals surface area contributed by atoms with Gasteiger partial charge in [-0.25, -0.2) is 13.4 Å². The van der Waals surface area contributed by atoms with Crippen molar-refractivity contribution in [3.8, 4) is 0 Å². The number of hydrogen-bond acceptors (Lipinski definition) is 6. The summed E-state index contributed by atoms with van der Waals surface area (Å²) in [6.07, 6.45) is 4.07. The summed E-state index contributed by atoms with van der Waals surface area (Å²) in [7, 11) is -2.97. The number of aryl methyl sites for hydroxylation is 2. The largest absolute Gasteiger partial charge is 0.341 e. The van der Waals surface area contributed by atoms with Gasteiger partial charge in [-0.05, 0) is 55.5 Å². The first-order valence-electron chi connectivity index (χ1n) is 8.60. The van der Waals surface area contributed by atoms with Crippen molar-refractivity contribution in [3.63, 3.8) is 0 Å². The summed E-state index contributed by atoms with van der Waals surface area (Å²) < 4.78 is 49.8. The SMILES string of the molecule is Cn1c(Sc2ccc(S(=O)(=O)C(F)F)cc2)nc2sc3c(c2c1=O)CCCC3. The molecule has 0 amide bonds. The Hall–Kier alpha value is -1.78. The molecule has 4 rings (SSSR count). The molecule has 10 heteroatoms. The highest BCUT2D eigenvalue weighted by Gasteiger charge is 2.26. The van der Waals surface area contributed by atoms with Crippen molar-refractivity contribution in [2.24, 2.45) is 7.05 Å². The van der Waals surface area contributed by atoms with E-state index in [0.29, 0.717) is 15.4 Å². The summed E-state index contributed by atoms with van der Waals surface area (Å²) in [5.74, 6) is -3.46. The van der Waals surface area contributed by atoms with Gasteiger partial charge < -0.3 is 0 Å². The Balaban J connectivity index is 1.71. The second-order valence-corrected chi connectivity index (χ2v) is 10.6. The number of fused-ring (bicyclic) bond motifs is 3.